The fourth-order valence-electron chi connectivity index (χ4n) is 5.64. The molecule has 3 aromatic carbocycles. The molecule has 6 nitrogen and oxygen atoms in total. The Morgan fingerprint density at radius 2 is 1.69 bits per heavy atom. The fourth-order valence-corrected chi connectivity index (χ4v) is 5.64. The maximum atomic E-state index is 9.94. The number of rotatable bonds is 13. The molecule has 1 unspecified atom stereocenters. The molecule has 2 N–H and O–H groups in total. The highest BCUT2D eigenvalue weighted by molar-refractivity contribution is 5.64. The number of methoxy groups -OCH3 is 2. The van der Waals surface area contributed by atoms with Gasteiger partial charge in [0.25, 0.3) is 0 Å². The van der Waals surface area contributed by atoms with E-state index in [0.29, 0.717) is 18.3 Å². The first kappa shape index (κ1) is 27.2. The molecule has 0 aliphatic heterocycles. The highest BCUT2D eigenvalue weighted by Gasteiger charge is 2.26. The third-order valence-corrected chi connectivity index (χ3v) is 8.09. The van der Waals surface area contributed by atoms with E-state index in [1.54, 1.807) is 20.3 Å². The first-order valence-corrected chi connectivity index (χ1v) is 14.3. The average Bonchev–Trinajstić information content (AvgIpc) is 3.80. The number of nitrogens with zero attached hydrogens (tertiary/aromatic N) is 1. The Morgan fingerprint density at radius 1 is 0.923 bits per heavy atom. The maximum Gasteiger partial charge on any atom is 0.162 e. The summed E-state index contributed by atoms with van der Waals surface area (Å²) in [5.74, 6) is 4.01. The Bertz CT molecular complexity index is 1240. The topological polar surface area (TPSA) is 63.2 Å². The van der Waals surface area contributed by atoms with Gasteiger partial charge in [0.2, 0.25) is 0 Å². The third kappa shape index (κ3) is 6.80. The van der Waals surface area contributed by atoms with Crippen LogP contribution >= 0.6 is 0 Å². The van der Waals surface area contributed by atoms with Crippen molar-refractivity contribution in [1.29, 1.82) is 0 Å². The number of hydrogen-bond acceptors (Lipinski definition) is 6. The van der Waals surface area contributed by atoms with Crippen molar-refractivity contribution in [3.8, 4) is 23.0 Å². The number of aromatic hydroxyl groups is 1. The summed E-state index contributed by atoms with van der Waals surface area (Å²) in [6.45, 7) is 6.54. The van der Waals surface area contributed by atoms with E-state index < -0.39 is 0 Å². The normalized spacial score (nSPS) is 16.4. The number of benzene rings is 3. The lowest BCUT2D eigenvalue weighted by Gasteiger charge is -2.32. The van der Waals surface area contributed by atoms with Crippen LogP contribution < -0.4 is 24.4 Å². The predicted octanol–water partition coefficient (Wildman–Crippen LogP) is 6.09. The second-order valence-corrected chi connectivity index (χ2v) is 10.8. The molecule has 1 atom stereocenters. The van der Waals surface area contributed by atoms with Gasteiger partial charge in [-0.15, -0.1) is 0 Å². The van der Waals surface area contributed by atoms with E-state index in [-0.39, 0.29) is 0 Å². The van der Waals surface area contributed by atoms with E-state index in [4.69, 9.17) is 14.2 Å². The monoisotopic (exact) mass is 530 g/mol. The van der Waals surface area contributed by atoms with Gasteiger partial charge < -0.3 is 29.5 Å². The number of nitrogens with one attached hydrogen (secondary N) is 1. The van der Waals surface area contributed by atoms with Crippen molar-refractivity contribution in [2.75, 3.05) is 45.4 Å². The molecule has 2 aliphatic rings. The number of phenols is 1. The maximum absolute atomic E-state index is 9.94. The van der Waals surface area contributed by atoms with E-state index in [1.807, 2.05) is 6.07 Å². The molecule has 0 radical (unpaired) electrons. The first-order chi connectivity index (χ1) is 19.1. The molecule has 0 aromatic heterocycles. The zero-order valence-electron chi connectivity index (χ0n) is 23.5. The molecule has 1 saturated carbocycles. The smallest absolute Gasteiger partial charge is 0.162 e. The number of hydrogen-bond donors (Lipinski definition) is 2. The van der Waals surface area contributed by atoms with Gasteiger partial charge in [-0.25, -0.2) is 0 Å². The minimum atomic E-state index is 0.345. The lowest BCUT2D eigenvalue weighted by atomic mass is 9.79. The summed E-state index contributed by atoms with van der Waals surface area (Å²) in [5, 5.41) is 13.4. The van der Waals surface area contributed by atoms with Gasteiger partial charge in [0.05, 0.1) is 14.2 Å². The van der Waals surface area contributed by atoms with Crippen molar-refractivity contribution in [2.24, 2.45) is 5.92 Å². The SMILES string of the molecule is CCN(Cc1ccc(OCCNCC2CC2)cc1)c1cc(OC)c(OC)cc1C1CCc2cc(O)ccc2C1. The third-order valence-electron chi connectivity index (χ3n) is 8.09. The van der Waals surface area contributed by atoms with Crippen LogP contribution in [0.15, 0.2) is 54.6 Å². The summed E-state index contributed by atoms with van der Waals surface area (Å²) < 4.78 is 17.4. The minimum Gasteiger partial charge on any atom is -0.508 e. The molecule has 1 fully saturated rings. The van der Waals surface area contributed by atoms with Gasteiger partial charge in [0, 0.05) is 31.4 Å². The van der Waals surface area contributed by atoms with Crippen LogP contribution in [0, 0.1) is 5.92 Å². The zero-order chi connectivity index (χ0) is 27.2. The van der Waals surface area contributed by atoms with Crippen molar-refractivity contribution in [2.45, 2.75) is 51.5 Å². The van der Waals surface area contributed by atoms with Crippen molar-refractivity contribution in [3.05, 3.63) is 76.9 Å². The van der Waals surface area contributed by atoms with Gasteiger partial charge >= 0.3 is 0 Å². The molecule has 0 spiro atoms. The highest BCUT2D eigenvalue weighted by Crippen LogP contribution is 2.43. The summed E-state index contributed by atoms with van der Waals surface area (Å²) in [7, 11) is 3.39. The lowest BCUT2D eigenvalue weighted by molar-refractivity contribution is 0.313. The second-order valence-electron chi connectivity index (χ2n) is 10.8. The molecule has 3 aromatic rings. The van der Waals surface area contributed by atoms with E-state index >= 15 is 0 Å². The summed E-state index contributed by atoms with van der Waals surface area (Å²) in [6.07, 6.45) is 5.66. The number of anilines is 1. The molecule has 208 valence electrons. The Morgan fingerprint density at radius 3 is 2.41 bits per heavy atom. The van der Waals surface area contributed by atoms with Crippen LogP contribution in [-0.2, 0) is 19.4 Å². The molecule has 39 heavy (non-hydrogen) atoms. The summed E-state index contributed by atoms with van der Waals surface area (Å²) in [5.41, 5.74) is 6.27. The van der Waals surface area contributed by atoms with Gasteiger partial charge in [-0.2, -0.15) is 0 Å². The molecule has 6 heteroatoms. The average molecular weight is 531 g/mol. The first-order valence-electron chi connectivity index (χ1n) is 14.3. The molecular formula is C33H42N2O4. The van der Waals surface area contributed by atoms with Gasteiger partial charge in [-0.3, -0.25) is 0 Å². The number of aryl methyl sites for hydroxylation is 1. The molecule has 0 bridgehead atoms. The second kappa shape index (κ2) is 12.6. The molecule has 5 rings (SSSR count). The Labute approximate surface area is 232 Å². The molecule has 0 amide bonds. The number of ether oxygens (including phenoxy) is 3. The Hall–Kier alpha value is -3.38. The van der Waals surface area contributed by atoms with Crippen LogP contribution in [0.2, 0.25) is 0 Å². The Balaban J connectivity index is 1.32. The zero-order valence-corrected chi connectivity index (χ0v) is 23.5. The number of fused-ring (bicyclic) bond motifs is 1. The minimum absolute atomic E-state index is 0.345. The predicted molar refractivity (Wildman–Crippen MR) is 157 cm³/mol. The Kier molecular flexibility index (Phi) is 8.82. The van der Waals surface area contributed by atoms with Crippen molar-refractivity contribution >= 4 is 5.69 Å². The van der Waals surface area contributed by atoms with Crippen molar-refractivity contribution < 1.29 is 19.3 Å². The summed E-state index contributed by atoms with van der Waals surface area (Å²) in [4.78, 5) is 2.42. The van der Waals surface area contributed by atoms with Crippen LogP contribution in [-0.4, -0.2) is 45.6 Å². The van der Waals surface area contributed by atoms with E-state index in [9.17, 15) is 5.11 Å². The van der Waals surface area contributed by atoms with Crippen LogP contribution in [0.4, 0.5) is 5.69 Å². The highest BCUT2D eigenvalue weighted by atomic mass is 16.5. The summed E-state index contributed by atoms with van der Waals surface area (Å²) >= 11 is 0. The van der Waals surface area contributed by atoms with Gasteiger partial charge in [0.15, 0.2) is 11.5 Å². The molecule has 0 saturated heterocycles. The van der Waals surface area contributed by atoms with Crippen LogP contribution in [0.5, 0.6) is 23.0 Å². The van der Waals surface area contributed by atoms with E-state index in [2.05, 4.69) is 59.6 Å². The van der Waals surface area contributed by atoms with Crippen LogP contribution in [0.1, 0.15) is 54.4 Å². The van der Waals surface area contributed by atoms with E-state index in [1.165, 1.54) is 40.8 Å². The quantitative estimate of drug-likeness (QED) is 0.261. The lowest BCUT2D eigenvalue weighted by Crippen LogP contribution is -2.25. The van der Waals surface area contributed by atoms with Crippen LogP contribution in [0.25, 0.3) is 0 Å². The molecule has 0 heterocycles. The fraction of sp³-hybridized carbons (Fsp3) is 0.455. The largest absolute Gasteiger partial charge is 0.508 e. The van der Waals surface area contributed by atoms with Crippen molar-refractivity contribution in [3.63, 3.8) is 0 Å². The van der Waals surface area contributed by atoms with Gasteiger partial charge in [-0.05, 0) is 110 Å². The standard InChI is InChI=1S/C33H42N2O4/c1-4-35(22-24-7-13-29(14-8-24)39-16-15-34-21-23-5-6-23)31-20-33(38-3)32(37-2)19-30(31)27-10-9-26-18-28(36)12-11-25(26)17-27/h7-8,11-14,18-20,23,27,34,36H,4-6,9-10,15-17,21-22H2,1-3H3. The van der Waals surface area contributed by atoms with Gasteiger partial charge in [-0.1, -0.05) is 18.2 Å². The summed E-state index contributed by atoms with van der Waals surface area (Å²) in [6, 6.07) is 18.6. The van der Waals surface area contributed by atoms with Crippen molar-refractivity contribution in [1.82, 2.24) is 5.32 Å². The van der Waals surface area contributed by atoms with E-state index in [0.717, 1.165) is 68.6 Å². The van der Waals surface area contributed by atoms with Gasteiger partial charge in [0.1, 0.15) is 18.1 Å². The van der Waals surface area contributed by atoms with Crippen LogP contribution in [0.3, 0.4) is 0 Å². The molecular weight excluding hydrogens is 488 g/mol. The number of phenolic OH excluding ortho intramolecular Hbond substituents is 1. The molecule has 2 aliphatic carbocycles.